The summed E-state index contributed by atoms with van der Waals surface area (Å²) in [5, 5.41) is 8.81. The molecule has 0 saturated carbocycles. The number of carboxylic acid groups (broad SMARTS) is 1. The number of nitrogens with zero attached hydrogens (tertiary/aromatic N) is 1. The van der Waals surface area contributed by atoms with Crippen LogP contribution < -0.4 is 4.74 Å². The van der Waals surface area contributed by atoms with Crippen LogP contribution in [0.3, 0.4) is 0 Å². The van der Waals surface area contributed by atoms with Gasteiger partial charge in [-0.2, -0.15) is 0 Å². The Balaban J connectivity index is 1.78. The van der Waals surface area contributed by atoms with E-state index in [9.17, 15) is 14.4 Å². The molecule has 0 aromatic heterocycles. The number of carbonyl (C=O) groups excluding carboxylic acids is 2. The molecule has 1 aliphatic rings. The van der Waals surface area contributed by atoms with Crippen molar-refractivity contribution < 1.29 is 24.2 Å². The molecule has 1 aliphatic heterocycles. The predicted molar refractivity (Wildman–Crippen MR) is 102 cm³/mol. The zero-order chi connectivity index (χ0) is 19.6. The first-order chi connectivity index (χ1) is 13.0. The average molecular weight is 375 g/mol. The van der Waals surface area contributed by atoms with Gasteiger partial charge >= 0.3 is 5.97 Å². The van der Waals surface area contributed by atoms with E-state index in [1.165, 1.54) is 0 Å². The minimum Gasteiger partial charge on any atom is -0.494 e. The van der Waals surface area contributed by atoms with Gasteiger partial charge in [-0.05, 0) is 55.9 Å². The Hall–Kier alpha value is -2.37. The molecule has 1 heterocycles. The van der Waals surface area contributed by atoms with E-state index in [2.05, 4.69) is 0 Å². The average Bonchev–Trinajstić information content (AvgIpc) is 2.69. The SMILES string of the molecule is CCCOc1ccc(C(=O)CCC(=O)N2CCCC(CCC(=O)O)C2)cc1. The summed E-state index contributed by atoms with van der Waals surface area (Å²) in [4.78, 5) is 37.2. The number of amides is 1. The largest absolute Gasteiger partial charge is 0.494 e. The summed E-state index contributed by atoms with van der Waals surface area (Å²) in [7, 11) is 0. The minimum atomic E-state index is -0.796. The first kappa shape index (κ1) is 20.9. The molecule has 27 heavy (non-hydrogen) atoms. The molecule has 0 radical (unpaired) electrons. The third-order valence-corrected chi connectivity index (χ3v) is 4.85. The van der Waals surface area contributed by atoms with Gasteiger partial charge in [0.25, 0.3) is 0 Å². The molecular weight excluding hydrogens is 346 g/mol. The number of hydrogen-bond acceptors (Lipinski definition) is 4. The number of hydrogen-bond donors (Lipinski definition) is 1. The lowest BCUT2D eigenvalue weighted by molar-refractivity contribution is -0.137. The lowest BCUT2D eigenvalue weighted by atomic mass is 9.93. The minimum absolute atomic E-state index is 0.0220. The van der Waals surface area contributed by atoms with E-state index in [0.29, 0.717) is 31.7 Å². The van der Waals surface area contributed by atoms with Crippen molar-refractivity contribution in [2.24, 2.45) is 5.92 Å². The summed E-state index contributed by atoms with van der Waals surface area (Å²) < 4.78 is 5.50. The number of rotatable bonds is 10. The van der Waals surface area contributed by atoms with Crippen LogP contribution in [0.1, 0.15) is 62.2 Å². The van der Waals surface area contributed by atoms with Crippen molar-refractivity contribution in [1.29, 1.82) is 0 Å². The summed E-state index contributed by atoms with van der Waals surface area (Å²) >= 11 is 0. The van der Waals surface area contributed by atoms with Crippen LogP contribution in [-0.2, 0) is 9.59 Å². The van der Waals surface area contributed by atoms with Gasteiger partial charge in [-0.25, -0.2) is 0 Å². The maximum absolute atomic E-state index is 12.4. The van der Waals surface area contributed by atoms with Gasteiger partial charge in [-0.3, -0.25) is 14.4 Å². The highest BCUT2D eigenvalue weighted by Crippen LogP contribution is 2.22. The number of aliphatic carboxylic acids is 1. The van der Waals surface area contributed by atoms with E-state index in [0.717, 1.165) is 25.0 Å². The Morgan fingerprint density at radius 3 is 2.56 bits per heavy atom. The fourth-order valence-electron chi connectivity index (χ4n) is 3.33. The van der Waals surface area contributed by atoms with Crippen molar-refractivity contribution in [2.75, 3.05) is 19.7 Å². The van der Waals surface area contributed by atoms with Crippen molar-refractivity contribution in [1.82, 2.24) is 4.90 Å². The number of ketones is 1. The third-order valence-electron chi connectivity index (χ3n) is 4.85. The van der Waals surface area contributed by atoms with Gasteiger partial charge in [0.05, 0.1) is 6.61 Å². The molecule has 148 valence electrons. The summed E-state index contributed by atoms with van der Waals surface area (Å²) in [6.07, 6.45) is 3.90. The molecule has 1 N–H and O–H groups in total. The van der Waals surface area contributed by atoms with Gasteiger partial charge in [0, 0.05) is 37.9 Å². The fraction of sp³-hybridized carbons (Fsp3) is 0.571. The van der Waals surface area contributed by atoms with Crippen LogP contribution in [0.2, 0.25) is 0 Å². The molecule has 2 rings (SSSR count). The second-order valence-corrected chi connectivity index (χ2v) is 7.08. The van der Waals surface area contributed by atoms with Crippen LogP contribution in [0.5, 0.6) is 5.75 Å². The normalized spacial score (nSPS) is 16.8. The van der Waals surface area contributed by atoms with Crippen LogP contribution in [-0.4, -0.2) is 47.4 Å². The van der Waals surface area contributed by atoms with Crippen LogP contribution in [0.25, 0.3) is 0 Å². The molecule has 0 bridgehead atoms. The van der Waals surface area contributed by atoms with Crippen molar-refractivity contribution in [3.05, 3.63) is 29.8 Å². The summed E-state index contributed by atoms with van der Waals surface area (Å²) in [6, 6.07) is 7.03. The summed E-state index contributed by atoms with van der Waals surface area (Å²) in [6.45, 7) is 3.97. The van der Waals surface area contributed by atoms with Crippen molar-refractivity contribution in [3.63, 3.8) is 0 Å². The molecular formula is C21H29NO5. The molecule has 0 aliphatic carbocycles. The Morgan fingerprint density at radius 1 is 1.15 bits per heavy atom. The third kappa shape index (κ3) is 7.04. The van der Waals surface area contributed by atoms with Gasteiger partial charge in [0.15, 0.2) is 5.78 Å². The fourth-order valence-corrected chi connectivity index (χ4v) is 3.33. The lowest BCUT2D eigenvalue weighted by Crippen LogP contribution is -2.40. The number of ether oxygens (including phenoxy) is 1. The molecule has 1 atom stereocenters. The van der Waals surface area contributed by atoms with Crippen molar-refractivity contribution in [3.8, 4) is 5.75 Å². The molecule has 1 fully saturated rings. The van der Waals surface area contributed by atoms with Gasteiger partial charge in [-0.1, -0.05) is 6.92 Å². The maximum Gasteiger partial charge on any atom is 0.303 e. The van der Waals surface area contributed by atoms with Gasteiger partial charge < -0.3 is 14.7 Å². The molecule has 1 aromatic rings. The van der Waals surface area contributed by atoms with E-state index in [1.54, 1.807) is 29.2 Å². The van der Waals surface area contributed by atoms with Gasteiger partial charge in [-0.15, -0.1) is 0 Å². The van der Waals surface area contributed by atoms with E-state index in [-0.39, 0.29) is 36.9 Å². The number of carbonyl (C=O) groups is 3. The molecule has 1 amide bonds. The van der Waals surface area contributed by atoms with E-state index in [4.69, 9.17) is 9.84 Å². The second kappa shape index (κ2) is 10.7. The topological polar surface area (TPSA) is 83.9 Å². The highest BCUT2D eigenvalue weighted by molar-refractivity contribution is 5.98. The number of carboxylic acids is 1. The van der Waals surface area contributed by atoms with E-state index < -0.39 is 5.97 Å². The van der Waals surface area contributed by atoms with Crippen molar-refractivity contribution in [2.45, 2.75) is 51.9 Å². The first-order valence-corrected chi connectivity index (χ1v) is 9.75. The molecule has 0 spiro atoms. The van der Waals surface area contributed by atoms with Crippen LogP contribution in [0, 0.1) is 5.92 Å². The Morgan fingerprint density at radius 2 is 1.89 bits per heavy atom. The number of likely N-dealkylation sites (tertiary alicyclic amines) is 1. The van der Waals surface area contributed by atoms with Crippen molar-refractivity contribution >= 4 is 17.7 Å². The van der Waals surface area contributed by atoms with E-state index >= 15 is 0 Å². The lowest BCUT2D eigenvalue weighted by Gasteiger charge is -2.32. The molecule has 1 unspecified atom stereocenters. The van der Waals surface area contributed by atoms with Crippen LogP contribution in [0.4, 0.5) is 0 Å². The van der Waals surface area contributed by atoms with Crippen LogP contribution >= 0.6 is 0 Å². The Bertz CT molecular complexity index is 640. The summed E-state index contributed by atoms with van der Waals surface area (Å²) in [5.74, 6) is 0.113. The molecule has 6 heteroatoms. The second-order valence-electron chi connectivity index (χ2n) is 7.08. The highest BCUT2D eigenvalue weighted by atomic mass is 16.5. The standard InChI is InChI=1S/C21H29NO5/c1-2-14-27-18-8-6-17(7-9-18)19(23)10-11-20(24)22-13-3-4-16(15-22)5-12-21(25)26/h6-9,16H,2-5,10-15H2,1H3,(H,25,26). The zero-order valence-corrected chi connectivity index (χ0v) is 16.0. The molecule has 6 nitrogen and oxygen atoms in total. The quantitative estimate of drug-likeness (QED) is 0.632. The smallest absolute Gasteiger partial charge is 0.303 e. The number of Topliss-reactive ketones (excluding diaryl/α,β-unsaturated/α-hetero) is 1. The molecule has 1 saturated heterocycles. The zero-order valence-electron chi connectivity index (χ0n) is 16.0. The van der Waals surface area contributed by atoms with Gasteiger partial charge in [0.1, 0.15) is 5.75 Å². The van der Waals surface area contributed by atoms with Crippen LogP contribution in [0.15, 0.2) is 24.3 Å². The number of benzene rings is 1. The number of piperidine rings is 1. The summed E-state index contributed by atoms with van der Waals surface area (Å²) in [5.41, 5.74) is 0.588. The monoisotopic (exact) mass is 375 g/mol. The Kier molecular flexibility index (Phi) is 8.30. The molecule has 1 aromatic carbocycles. The maximum atomic E-state index is 12.4. The predicted octanol–water partition coefficient (Wildman–Crippen LogP) is 3.54. The Labute approximate surface area is 160 Å². The highest BCUT2D eigenvalue weighted by Gasteiger charge is 2.24. The van der Waals surface area contributed by atoms with Gasteiger partial charge in [0.2, 0.25) is 5.91 Å². The van der Waals surface area contributed by atoms with E-state index in [1.807, 2.05) is 6.92 Å². The first-order valence-electron chi connectivity index (χ1n) is 9.75.